The van der Waals surface area contributed by atoms with Crippen molar-refractivity contribution in [2.24, 2.45) is 0 Å². The van der Waals surface area contributed by atoms with E-state index in [9.17, 15) is 0 Å². The van der Waals surface area contributed by atoms with E-state index in [0.29, 0.717) is 0 Å². The molecule has 2 aromatic carbocycles. The van der Waals surface area contributed by atoms with Crippen molar-refractivity contribution >= 4 is 7.32 Å². The second-order valence-corrected chi connectivity index (χ2v) is 9.37. The average Bonchev–Trinajstić information content (AvgIpc) is 2.64. The highest BCUT2D eigenvalue weighted by Crippen LogP contribution is 2.35. The molecule has 0 bridgehead atoms. The minimum atomic E-state index is -0.790. The fraction of sp³-hybridized carbons (Fsp3) is 0.500. The third-order valence-corrected chi connectivity index (χ3v) is 5.51. The van der Waals surface area contributed by atoms with Gasteiger partial charge in [-0.05, 0) is 49.9 Å². The van der Waals surface area contributed by atoms with E-state index >= 15 is 0 Å². The lowest BCUT2D eigenvalue weighted by Crippen LogP contribution is -2.55. The van der Waals surface area contributed by atoms with Crippen LogP contribution in [0, 0.1) is 13.8 Å². The Hall–Kier alpha value is -1.98. The van der Waals surface area contributed by atoms with E-state index in [1.807, 2.05) is 62.4 Å². The van der Waals surface area contributed by atoms with Gasteiger partial charge in [-0.15, -0.1) is 0 Å². The summed E-state index contributed by atoms with van der Waals surface area (Å²) in [5, 5.41) is 0. The van der Waals surface area contributed by atoms with Crippen molar-refractivity contribution in [1.82, 2.24) is 0 Å². The lowest BCUT2D eigenvalue weighted by atomic mass is 9.82. The second-order valence-electron chi connectivity index (χ2n) is 9.37. The number of hydrogen-bond acceptors (Lipinski definition) is 3. The summed E-state index contributed by atoms with van der Waals surface area (Å²) in [4.78, 5) is 0. The molecule has 0 amide bonds. The van der Waals surface area contributed by atoms with Gasteiger partial charge in [0.2, 0.25) is 0 Å². The Kier molecular flexibility index (Phi) is 6.91. The number of likely N-dealkylation sites (N-methyl/N-ethyl adjacent to an activating group) is 1. The number of rotatable bonds is 8. The summed E-state index contributed by atoms with van der Waals surface area (Å²) in [5.74, 6) is 1.59. The van der Waals surface area contributed by atoms with E-state index in [0.717, 1.165) is 46.5 Å². The van der Waals surface area contributed by atoms with Crippen LogP contribution in [0.2, 0.25) is 0 Å². The van der Waals surface area contributed by atoms with E-state index < -0.39 is 7.32 Å². The molecular formula is C24H35BNO3+. The van der Waals surface area contributed by atoms with Gasteiger partial charge in [-0.3, -0.25) is 0 Å². The number of para-hydroxylation sites is 2. The van der Waals surface area contributed by atoms with Crippen LogP contribution in [-0.2, 0) is 4.65 Å². The molecule has 0 aromatic heterocycles. The van der Waals surface area contributed by atoms with Gasteiger partial charge in [-0.2, -0.15) is 0 Å². The Bertz CT molecular complexity index is 749. The maximum Gasteiger partial charge on any atom is 0.788 e. The van der Waals surface area contributed by atoms with Crippen LogP contribution in [0.3, 0.4) is 0 Å². The number of hydrogen-bond donors (Lipinski definition) is 0. The van der Waals surface area contributed by atoms with Crippen molar-refractivity contribution in [1.29, 1.82) is 0 Å². The summed E-state index contributed by atoms with van der Waals surface area (Å²) < 4.78 is 20.2. The Morgan fingerprint density at radius 3 is 1.72 bits per heavy atom. The highest BCUT2D eigenvalue weighted by molar-refractivity contribution is 6.38. The van der Waals surface area contributed by atoms with Crippen molar-refractivity contribution in [3.8, 4) is 11.5 Å². The zero-order chi connectivity index (χ0) is 20.9. The van der Waals surface area contributed by atoms with Gasteiger partial charge < -0.3 is 18.4 Å². The molecule has 3 rings (SSSR count). The SMILES string of the molecule is Cc1ccccc1OB(Oc1ccccc1C)OC1(C[N+](C)(C)C)CCCCC1. The molecule has 1 aliphatic rings. The molecule has 0 N–H and O–H groups in total. The number of nitrogens with zero attached hydrogens (tertiary/aromatic N) is 1. The van der Waals surface area contributed by atoms with E-state index in [4.69, 9.17) is 14.0 Å². The zero-order valence-electron chi connectivity index (χ0n) is 18.6. The van der Waals surface area contributed by atoms with Crippen LogP contribution in [-0.4, -0.2) is 45.1 Å². The quantitative estimate of drug-likeness (QED) is 0.455. The van der Waals surface area contributed by atoms with Crippen LogP contribution in [0.25, 0.3) is 0 Å². The second kappa shape index (κ2) is 9.23. The highest BCUT2D eigenvalue weighted by atomic mass is 16.7. The minimum absolute atomic E-state index is 0.244. The van der Waals surface area contributed by atoms with Gasteiger partial charge in [0.05, 0.1) is 21.1 Å². The molecule has 0 saturated heterocycles. The van der Waals surface area contributed by atoms with Crippen molar-refractivity contribution in [3.05, 3.63) is 59.7 Å². The average molecular weight is 396 g/mol. The first-order valence-corrected chi connectivity index (χ1v) is 10.7. The van der Waals surface area contributed by atoms with Gasteiger partial charge in [0.1, 0.15) is 23.6 Å². The lowest BCUT2D eigenvalue weighted by molar-refractivity contribution is -0.877. The largest absolute Gasteiger partial charge is 0.788 e. The summed E-state index contributed by atoms with van der Waals surface area (Å²) >= 11 is 0. The topological polar surface area (TPSA) is 27.7 Å². The monoisotopic (exact) mass is 396 g/mol. The zero-order valence-corrected chi connectivity index (χ0v) is 18.6. The van der Waals surface area contributed by atoms with E-state index in [2.05, 4.69) is 21.1 Å². The van der Waals surface area contributed by atoms with Crippen LogP contribution >= 0.6 is 0 Å². The molecule has 29 heavy (non-hydrogen) atoms. The predicted octanol–water partition coefficient (Wildman–Crippen LogP) is 5.17. The van der Waals surface area contributed by atoms with Gasteiger partial charge >= 0.3 is 7.32 Å². The summed E-state index contributed by atoms with van der Waals surface area (Å²) in [7, 11) is 5.87. The van der Waals surface area contributed by atoms with Gasteiger partial charge in [0.25, 0.3) is 0 Å². The maximum absolute atomic E-state index is 6.71. The molecule has 1 saturated carbocycles. The molecule has 0 atom stereocenters. The first kappa shape index (κ1) is 21.7. The van der Waals surface area contributed by atoms with Gasteiger partial charge in [-0.25, -0.2) is 0 Å². The molecule has 0 heterocycles. The van der Waals surface area contributed by atoms with Gasteiger partial charge in [0.15, 0.2) is 0 Å². The molecule has 2 aromatic rings. The molecular weight excluding hydrogens is 361 g/mol. The van der Waals surface area contributed by atoms with Gasteiger partial charge in [-0.1, -0.05) is 55.7 Å². The van der Waals surface area contributed by atoms with E-state index in [1.165, 1.54) is 19.3 Å². The van der Waals surface area contributed by atoms with Crippen molar-refractivity contribution in [2.45, 2.75) is 51.6 Å². The highest BCUT2D eigenvalue weighted by Gasteiger charge is 2.45. The Morgan fingerprint density at radius 1 is 0.793 bits per heavy atom. The summed E-state index contributed by atoms with van der Waals surface area (Å²) in [6, 6.07) is 16.0. The summed E-state index contributed by atoms with van der Waals surface area (Å²) in [6.07, 6.45) is 5.70. The molecule has 0 unspecified atom stereocenters. The molecule has 156 valence electrons. The van der Waals surface area contributed by atoms with Gasteiger partial charge in [0, 0.05) is 0 Å². The van der Waals surface area contributed by atoms with Crippen LogP contribution in [0.15, 0.2) is 48.5 Å². The minimum Gasteiger partial charge on any atom is -0.501 e. The smallest absolute Gasteiger partial charge is 0.501 e. The molecule has 1 fully saturated rings. The maximum atomic E-state index is 6.71. The van der Waals surface area contributed by atoms with Crippen LogP contribution in [0.5, 0.6) is 11.5 Å². The molecule has 5 heteroatoms. The molecule has 1 aliphatic carbocycles. The first-order chi connectivity index (χ1) is 13.8. The fourth-order valence-corrected chi connectivity index (χ4v) is 4.23. The summed E-state index contributed by atoms with van der Waals surface area (Å²) in [6.45, 7) is 5.02. The Labute approximate surface area is 176 Å². The number of aryl methyl sites for hydroxylation is 2. The van der Waals surface area contributed by atoms with Crippen LogP contribution in [0.4, 0.5) is 0 Å². The lowest BCUT2D eigenvalue weighted by Gasteiger charge is -2.42. The Morgan fingerprint density at radius 2 is 1.28 bits per heavy atom. The van der Waals surface area contributed by atoms with E-state index in [1.54, 1.807) is 0 Å². The molecule has 0 radical (unpaired) electrons. The Balaban J connectivity index is 1.88. The van der Waals surface area contributed by atoms with Crippen molar-refractivity contribution in [2.75, 3.05) is 27.7 Å². The van der Waals surface area contributed by atoms with E-state index in [-0.39, 0.29) is 5.60 Å². The number of benzene rings is 2. The first-order valence-electron chi connectivity index (χ1n) is 10.7. The molecule has 4 nitrogen and oxygen atoms in total. The van der Waals surface area contributed by atoms with Crippen molar-refractivity contribution < 1.29 is 18.4 Å². The molecule has 0 aliphatic heterocycles. The normalized spacial score (nSPS) is 16.3. The van der Waals surface area contributed by atoms with Crippen LogP contribution < -0.4 is 9.31 Å². The predicted molar refractivity (Wildman–Crippen MR) is 119 cm³/mol. The molecule has 0 spiro atoms. The van der Waals surface area contributed by atoms with Crippen molar-refractivity contribution in [3.63, 3.8) is 0 Å². The number of quaternary nitrogens is 1. The van der Waals surface area contributed by atoms with Crippen LogP contribution in [0.1, 0.15) is 43.2 Å². The fourth-order valence-electron chi connectivity index (χ4n) is 4.23. The summed E-state index contributed by atoms with van der Waals surface area (Å²) in [5.41, 5.74) is 1.89. The standard InChI is InChI=1S/C24H35BNO3/c1-20-13-7-9-15-22(20)27-25(28-23-16-10-8-14-21(23)2)29-24(19-26(3,4)5)17-11-6-12-18-24/h7-10,13-16H,6,11-12,17-19H2,1-5H3/q+1. The third kappa shape index (κ3) is 6.25. The third-order valence-electron chi connectivity index (χ3n) is 5.51.